The van der Waals surface area contributed by atoms with E-state index in [2.05, 4.69) is 11.9 Å². The van der Waals surface area contributed by atoms with Crippen LogP contribution in [0, 0.1) is 5.92 Å². The number of aromatic nitrogens is 1. The molecule has 0 aliphatic carbocycles. The molecule has 2 rings (SSSR count). The first-order valence-electron chi connectivity index (χ1n) is 6.09. The molecule has 1 saturated heterocycles. The normalized spacial score (nSPS) is 25.4. The molecule has 0 saturated carbocycles. The minimum Gasteiger partial charge on any atom is -0.380 e. The van der Waals surface area contributed by atoms with Crippen LogP contribution in [0.4, 0.5) is 0 Å². The Balaban J connectivity index is 2.28. The molecule has 5 nitrogen and oxygen atoms in total. The Morgan fingerprint density at radius 1 is 1.53 bits per heavy atom. The number of hydrogen-bond donors (Lipinski definition) is 0. The minimum atomic E-state index is -3.60. The second kappa shape index (κ2) is 5.75. The molecule has 1 aliphatic rings. The lowest BCUT2D eigenvalue weighted by Gasteiger charge is -2.35. The number of piperidine rings is 1. The van der Waals surface area contributed by atoms with Crippen LogP contribution in [0.15, 0.2) is 23.4 Å². The van der Waals surface area contributed by atoms with Gasteiger partial charge in [-0.3, -0.25) is 4.98 Å². The number of hydrogen-bond acceptors (Lipinski definition) is 4. The van der Waals surface area contributed by atoms with E-state index in [4.69, 9.17) is 16.3 Å². The Kier molecular flexibility index (Phi) is 4.45. The molecule has 1 aromatic heterocycles. The third-order valence-electron chi connectivity index (χ3n) is 3.51. The first-order chi connectivity index (χ1) is 8.96. The van der Waals surface area contributed by atoms with E-state index < -0.39 is 10.0 Å². The van der Waals surface area contributed by atoms with Crippen molar-refractivity contribution in [3.8, 4) is 0 Å². The van der Waals surface area contributed by atoms with E-state index in [-0.39, 0.29) is 16.0 Å². The van der Waals surface area contributed by atoms with Gasteiger partial charge < -0.3 is 4.74 Å². The summed E-state index contributed by atoms with van der Waals surface area (Å²) in [6.45, 7) is 2.90. The number of nitrogens with zero attached hydrogens (tertiary/aromatic N) is 2. The number of rotatable bonds is 3. The van der Waals surface area contributed by atoms with Crippen LogP contribution in [0.25, 0.3) is 0 Å². The molecular formula is C12H17ClN2O3S. The average molecular weight is 305 g/mol. The number of sulfonamides is 1. The highest BCUT2D eigenvalue weighted by Gasteiger charge is 2.34. The van der Waals surface area contributed by atoms with Crippen molar-refractivity contribution in [1.82, 2.24) is 9.29 Å². The van der Waals surface area contributed by atoms with Crippen molar-refractivity contribution >= 4 is 21.6 Å². The van der Waals surface area contributed by atoms with Crippen LogP contribution in [0.1, 0.15) is 13.3 Å². The topological polar surface area (TPSA) is 59.5 Å². The molecule has 0 spiro atoms. The van der Waals surface area contributed by atoms with Gasteiger partial charge in [0.05, 0.1) is 11.1 Å². The second-order valence-corrected chi connectivity index (χ2v) is 7.02. The maximum atomic E-state index is 12.5. The summed E-state index contributed by atoms with van der Waals surface area (Å²) in [6.07, 6.45) is 3.45. The SMILES string of the molecule is COC1CN(S(=O)(=O)c2cnccc2Cl)CCC1C. The lowest BCUT2D eigenvalue weighted by Crippen LogP contribution is -2.46. The summed E-state index contributed by atoms with van der Waals surface area (Å²) in [7, 11) is -1.99. The maximum absolute atomic E-state index is 12.5. The van der Waals surface area contributed by atoms with E-state index in [1.807, 2.05) is 0 Å². The minimum absolute atomic E-state index is 0.0565. The van der Waals surface area contributed by atoms with Crippen molar-refractivity contribution in [2.45, 2.75) is 24.3 Å². The third-order valence-corrected chi connectivity index (χ3v) is 5.84. The molecule has 2 heterocycles. The van der Waals surface area contributed by atoms with Crippen molar-refractivity contribution in [1.29, 1.82) is 0 Å². The van der Waals surface area contributed by atoms with E-state index >= 15 is 0 Å². The van der Waals surface area contributed by atoms with Crippen LogP contribution >= 0.6 is 11.6 Å². The molecule has 1 fully saturated rings. The van der Waals surface area contributed by atoms with Crippen LogP contribution in [0.2, 0.25) is 5.02 Å². The van der Waals surface area contributed by atoms with Gasteiger partial charge in [0, 0.05) is 32.6 Å². The smallest absolute Gasteiger partial charge is 0.246 e. The van der Waals surface area contributed by atoms with Crippen LogP contribution in [-0.2, 0) is 14.8 Å². The van der Waals surface area contributed by atoms with Crippen LogP contribution in [0.3, 0.4) is 0 Å². The highest BCUT2D eigenvalue weighted by Crippen LogP contribution is 2.28. The molecule has 1 aliphatic heterocycles. The lowest BCUT2D eigenvalue weighted by atomic mass is 9.97. The van der Waals surface area contributed by atoms with Crippen molar-refractivity contribution in [2.24, 2.45) is 5.92 Å². The average Bonchev–Trinajstić information content (AvgIpc) is 2.39. The van der Waals surface area contributed by atoms with Crippen LogP contribution < -0.4 is 0 Å². The standard InChI is InChI=1S/C12H17ClN2O3S/c1-9-4-6-15(8-11(9)18-2)19(16,17)12-7-14-5-3-10(12)13/h3,5,7,9,11H,4,6,8H2,1-2H3. The first-order valence-corrected chi connectivity index (χ1v) is 7.91. The molecule has 0 aromatic carbocycles. The monoisotopic (exact) mass is 304 g/mol. The van der Waals surface area contributed by atoms with Gasteiger partial charge in [0.25, 0.3) is 0 Å². The first kappa shape index (κ1) is 14.7. The molecule has 7 heteroatoms. The van der Waals surface area contributed by atoms with Gasteiger partial charge in [0.15, 0.2) is 0 Å². The molecular weight excluding hydrogens is 288 g/mol. The van der Waals surface area contributed by atoms with Crippen molar-refractivity contribution in [3.63, 3.8) is 0 Å². The lowest BCUT2D eigenvalue weighted by molar-refractivity contribution is 0.0184. The summed E-state index contributed by atoms with van der Waals surface area (Å²) in [5.41, 5.74) is 0. The summed E-state index contributed by atoms with van der Waals surface area (Å²) in [4.78, 5) is 3.90. The predicted octanol–water partition coefficient (Wildman–Crippen LogP) is 1.78. The molecule has 106 valence electrons. The van der Waals surface area contributed by atoms with E-state index in [1.54, 1.807) is 7.11 Å². The van der Waals surface area contributed by atoms with E-state index in [1.165, 1.54) is 22.8 Å². The fourth-order valence-electron chi connectivity index (χ4n) is 2.22. The van der Waals surface area contributed by atoms with Crippen LogP contribution in [-0.4, -0.2) is 44.0 Å². The Hall–Kier alpha value is -0.690. The highest BCUT2D eigenvalue weighted by molar-refractivity contribution is 7.89. The molecule has 0 bridgehead atoms. The fourth-order valence-corrected chi connectivity index (χ4v) is 4.10. The Bertz CT molecular complexity index is 550. The summed E-state index contributed by atoms with van der Waals surface area (Å²) in [6, 6.07) is 1.48. The predicted molar refractivity (Wildman–Crippen MR) is 72.6 cm³/mol. The van der Waals surface area contributed by atoms with Crippen molar-refractivity contribution in [2.75, 3.05) is 20.2 Å². The highest BCUT2D eigenvalue weighted by atomic mass is 35.5. The van der Waals surface area contributed by atoms with Gasteiger partial charge in [-0.25, -0.2) is 8.42 Å². The number of halogens is 1. The fraction of sp³-hybridized carbons (Fsp3) is 0.583. The molecule has 0 amide bonds. The van der Waals surface area contributed by atoms with Gasteiger partial charge in [-0.05, 0) is 18.4 Å². The van der Waals surface area contributed by atoms with Gasteiger partial charge in [-0.15, -0.1) is 0 Å². The zero-order valence-electron chi connectivity index (χ0n) is 10.9. The van der Waals surface area contributed by atoms with Gasteiger partial charge in [0.2, 0.25) is 10.0 Å². The Labute approximate surface area is 118 Å². The molecule has 19 heavy (non-hydrogen) atoms. The van der Waals surface area contributed by atoms with Gasteiger partial charge >= 0.3 is 0 Å². The van der Waals surface area contributed by atoms with Crippen molar-refractivity contribution < 1.29 is 13.2 Å². The van der Waals surface area contributed by atoms with E-state index in [9.17, 15) is 8.42 Å². The number of methoxy groups -OCH3 is 1. The summed E-state index contributed by atoms with van der Waals surface area (Å²) in [5.74, 6) is 0.348. The quantitative estimate of drug-likeness (QED) is 0.854. The molecule has 2 unspecified atom stereocenters. The van der Waals surface area contributed by atoms with Crippen molar-refractivity contribution in [3.05, 3.63) is 23.5 Å². The molecule has 0 N–H and O–H groups in total. The second-order valence-electron chi connectivity index (χ2n) is 4.71. The Morgan fingerprint density at radius 3 is 2.89 bits per heavy atom. The third kappa shape index (κ3) is 2.91. The van der Waals surface area contributed by atoms with Crippen LogP contribution in [0.5, 0.6) is 0 Å². The summed E-state index contributed by atoms with van der Waals surface area (Å²) in [5, 5.41) is 0.197. The molecule has 2 atom stereocenters. The molecule has 1 aromatic rings. The zero-order chi connectivity index (χ0) is 14.0. The summed E-state index contributed by atoms with van der Waals surface area (Å²) >= 11 is 5.95. The maximum Gasteiger partial charge on any atom is 0.246 e. The zero-order valence-corrected chi connectivity index (χ0v) is 12.5. The van der Waals surface area contributed by atoms with Gasteiger partial charge in [-0.2, -0.15) is 4.31 Å². The largest absolute Gasteiger partial charge is 0.380 e. The number of pyridine rings is 1. The van der Waals surface area contributed by atoms with Gasteiger partial charge in [0.1, 0.15) is 4.90 Å². The van der Waals surface area contributed by atoms with Gasteiger partial charge in [-0.1, -0.05) is 18.5 Å². The molecule has 0 radical (unpaired) electrons. The summed E-state index contributed by atoms with van der Waals surface area (Å²) < 4.78 is 31.8. The van der Waals surface area contributed by atoms with E-state index in [0.29, 0.717) is 19.0 Å². The Morgan fingerprint density at radius 2 is 2.26 bits per heavy atom. The number of ether oxygens (including phenoxy) is 1. The van der Waals surface area contributed by atoms with E-state index in [0.717, 1.165) is 6.42 Å².